The summed E-state index contributed by atoms with van der Waals surface area (Å²) in [5, 5.41) is 11.1. The van der Waals surface area contributed by atoms with Crippen LogP contribution in [-0.2, 0) is 9.59 Å². The van der Waals surface area contributed by atoms with Crippen LogP contribution < -0.4 is 9.64 Å². The van der Waals surface area contributed by atoms with Crippen LogP contribution in [-0.4, -0.2) is 28.4 Å². The van der Waals surface area contributed by atoms with E-state index in [0.29, 0.717) is 23.6 Å². The van der Waals surface area contributed by atoms with Crippen molar-refractivity contribution in [3.05, 3.63) is 95.1 Å². The zero-order valence-electron chi connectivity index (χ0n) is 17.6. The molecular weight excluding hydrogens is 411 g/mol. The number of aromatic nitrogens is 1. The molecule has 2 aromatic carbocycles. The Bertz CT molecular complexity index is 1220. The van der Waals surface area contributed by atoms with Gasteiger partial charge in [0.25, 0.3) is 11.7 Å². The van der Waals surface area contributed by atoms with E-state index < -0.39 is 23.5 Å². The fourth-order valence-corrected chi connectivity index (χ4v) is 3.81. The lowest BCUT2D eigenvalue weighted by Crippen LogP contribution is -2.29. The molecule has 7 heteroatoms. The first-order valence-electron chi connectivity index (χ1n) is 10.1. The third-order valence-electron chi connectivity index (χ3n) is 5.25. The molecule has 3 aromatic rings. The molecule has 0 spiro atoms. The molecule has 1 N–H and O–H groups in total. The van der Waals surface area contributed by atoms with Crippen molar-refractivity contribution in [3.8, 4) is 5.75 Å². The molecule has 1 aliphatic rings. The summed E-state index contributed by atoms with van der Waals surface area (Å²) in [5.41, 5.74) is 1.60. The van der Waals surface area contributed by atoms with Gasteiger partial charge in [0.2, 0.25) is 0 Å². The van der Waals surface area contributed by atoms with E-state index in [9.17, 15) is 19.1 Å². The van der Waals surface area contributed by atoms with Gasteiger partial charge in [0.05, 0.1) is 17.9 Å². The predicted octanol–water partition coefficient (Wildman–Crippen LogP) is 4.55. The topological polar surface area (TPSA) is 79.7 Å². The first kappa shape index (κ1) is 21.2. The van der Waals surface area contributed by atoms with Gasteiger partial charge in [-0.3, -0.25) is 19.5 Å². The van der Waals surface area contributed by atoms with Crippen molar-refractivity contribution in [1.29, 1.82) is 0 Å². The summed E-state index contributed by atoms with van der Waals surface area (Å²) in [6, 6.07) is 14.5. The van der Waals surface area contributed by atoms with Gasteiger partial charge in [0.1, 0.15) is 23.4 Å². The van der Waals surface area contributed by atoms with Gasteiger partial charge in [-0.2, -0.15) is 0 Å². The summed E-state index contributed by atoms with van der Waals surface area (Å²) in [4.78, 5) is 31.6. The highest BCUT2D eigenvalue weighted by Crippen LogP contribution is 2.41. The van der Waals surface area contributed by atoms with Crippen molar-refractivity contribution in [2.75, 3.05) is 11.5 Å². The van der Waals surface area contributed by atoms with Gasteiger partial charge in [0, 0.05) is 17.4 Å². The molecule has 1 aromatic heterocycles. The van der Waals surface area contributed by atoms with Crippen molar-refractivity contribution in [2.24, 2.45) is 0 Å². The van der Waals surface area contributed by atoms with E-state index >= 15 is 0 Å². The lowest BCUT2D eigenvalue weighted by Gasteiger charge is -2.24. The van der Waals surface area contributed by atoms with E-state index in [4.69, 9.17) is 4.74 Å². The number of amides is 1. The number of rotatable bonds is 5. The van der Waals surface area contributed by atoms with Crippen LogP contribution in [0.4, 0.5) is 10.1 Å². The Labute approximate surface area is 184 Å². The minimum atomic E-state index is -1.01. The highest BCUT2D eigenvalue weighted by atomic mass is 19.1. The first-order chi connectivity index (χ1) is 15.4. The Morgan fingerprint density at radius 1 is 1.12 bits per heavy atom. The minimum absolute atomic E-state index is 0.110. The molecule has 1 fully saturated rings. The molecule has 6 nitrogen and oxygen atoms in total. The number of aliphatic hydroxyl groups excluding tert-OH is 1. The highest BCUT2D eigenvalue weighted by Gasteiger charge is 2.47. The van der Waals surface area contributed by atoms with Crippen LogP contribution in [0.1, 0.15) is 29.8 Å². The quantitative estimate of drug-likeness (QED) is 0.363. The molecule has 0 aliphatic carbocycles. The van der Waals surface area contributed by atoms with Gasteiger partial charge in [-0.15, -0.1) is 0 Å². The third-order valence-corrected chi connectivity index (χ3v) is 5.25. The number of hydrogen-bond acceptors (Lipinski definition) is 5. The summed E-state index contributed by atoms with van der Waals surface area (Å²) < 4.78 is 19.5. The molecule has 1 amide bonds. The van der Waals surface area contributed by atoms with E-state index in [1.54, 1.807) is 36.4 Å². The fraction of sp³-hybridized carbons (Fsp3) is 0.160. The number of benzene rings is 2. The van der Waals surface area contributed by atoms with Gasteiger partial charge in [-0.1, -0.05) is 12.1 Å². The zero-order chi connectivity index (χ0) is 22.8. The molecule has 1 saturated heterocycles. The maximum Gasteiger partial charge on any atom is 0.300 e. The highest BCUT2D eigenvalue weighted by molar-refractivity contribution is 6.51. The number of ether oxygens (including phenoxy) is 1. The normalized spacial score (nSPS) is 17.6. The number of carbonyl (C=O) groups excluding carboxylic acids is 2. The van der Waals surface area contributed by atoms with Crippen LogP contribution in [0.25, 0.3) is 5.76 Å². The molecule has 1 unspecified atom stereocenters. The monoisotopic (exact) mass is 432 g/mol. The van der Waals surface area contributed by atoms with Crippen LogP contribution in [0.5, 0.6) is 5.75 Å². The fourth-order valence-electron chi connectivity index (χ4n) is 3.81. The Hall–Kier alpha value is -4.00. The number of anilines is 1. The van der Waals surface area contributed by atoms with Gasteiger partial charge in [0.15, 0.2) is 0 Å². The van der Waals surface area contributed by atoms with Crippen LogP contribution in [0.3, 0.4) is 0 Å². The number of hydrogen-bond donors (Lipinski definition) is 1. The summed E-state index contributed by atoms with van der Waals surface area (Å²) in [6.45, 7) is 4.18. The number of Topliss-reactive ketones (excluding diaryl/α,β-unsaturated/α-hetero) is 1. The largest absolute Gasteiger partial charge is 0.507 e. The second-order valence-corrected chi connectivity index (χ2v) is 7.32. The summed E-state index contributed by atoms with van der Waals surface area (Å²) in [5.74, 6) is -1.95. The predicted molar refractivity (Wildman–Crippen MR) is 118 cm³/mol. The Morgan fingerprint density at radius 2 is 1.94 bits per heavy atom. The minimum Gasteiger partial charge on any atom is -0.507 e. The smallest absolute Gasteiger partial charge is 0.300 e. The average molecular weight is 432 g/mol. The Morgan fingerprint density at radius 3 is 2.59 bits per heavy atom. The van der Waals surface area contributed by atoms with E-state index in [-0.39, 0.29) is 17.0 Å². The van der Waals surface area contributed by atoms with E-state index in [0.717, 1.165) is 5.56 Å². The zero-order valence-corrected chi connectivity index (χ0v) is 17.6. The van der Waals surface area contributed by atoms with Crippen LogP contribution in [0.15, 0.2) is 72.4 Å². The molecule has 32 heavy (non-hydrogen) atoms. The summed E-state index contributed by atoms with van der Waals surface area (Å²) >= 11 is 0. The van der Waals surface area contributed by atoms with Crippen molar-refractivity contribution < 1.29 is 23.8 Å². The molecule has 4 rings (SSSR count). The number of halogens is 1. The number of ketones is 1. The second-order valence-electron chi connectivity index (χ2n) is 7.32. The maximum atomic E-state index is 13.9. The van der Waals surface area contributed by atoms with E-state index in [2.05, 4.69) is 4.98 Å². The summed E-state index contributed by atoms with van der Waals surface area (Å²) in [7, 11) is 0. The molecule has 2 heterocycles. The molecule has 1 aliphatic heterocycles. The number of aliphatic hydroxyl groups is 1. The van der Waals surface area contributed by atoms with Crippen molar-refractivity contribution >= 4 is 23.1 Å². The van der Waals surface area contributed by atoms with Crippen molar-refractivity contribution in [2.45, 2.75) is 19.9 Å². The molecule has 0 saturated carbocycles. The van der Waals surface area contributed by atoms with Gasteiger partial charge in [-0.05, 0) is 67.9 Å². The average Bonchev–Trinajstić information content (AvgIpc) is 3.06. The van der Waals surface area contributed by atoms with Crippen LogP contribution in [0.2, 0.25) is 0 Å². The van der Waals surface area contributed by atoms with Gasteiger partial charge in [-0.25, -0.2) is 4.39 Å². The maximum absolute atomic E-state index is 13.9. The van der Waals surface area contributed by atoms with Crippen LogP contribution >= 0.6 is 0 Å². The van der Waals surface area contributed by atoms with E-state index in [1.807, 2.05) is 13.8 Å². The molecule has 1 atom stereocenters. The van der Waals surface area contributed by atoms with Crippen LogP contribution in [0, 0.1) is 12.7 Å². The summed E-state index contributed by atoms with van der Waals surface area (Å²) in [6.07, 6.45) is 1.53. The molecular formula is C25H21FN2O4. The third kappa shape index (κ3) is 3.73. The SMILES string of the molecule is CCOc1ccc(/C(O)=C2\C(=O)C(=O)N(c3cccc(F)c3)C2c2ccccn2)cc1C. The standard InChI is InChI=1S/C25H21FN2O4/c1-3-32-20-11-10-16(13-15(20)2)23(29)21-22(19-9-4-5-12-27-19)28(25(31)24(21)30)18-8-6-7-17(26)14-18/h4-14,22,29H,3H2,1-2H3/b23-21+. The second kappa shape index (κ2) is 8.63. The number of nitrogens with zero attached hydrogens (tertiary/aromatic N) is 2. The number of carbonyl (C=O) groups is 2. The Balaban J connectivity index is 1.90. The molecule has 0 bridgehead atoms. The number of aryl methyl sites for hydroxylation is 1. The number of pyridine rings is 1. The van der Waals surface area contributed by atoms with Gasteiger partial charge < -0.3 is 9.84 Å². The lowest BCUT2D eigenvalue weighted by atomic mass is 9.97. The van der Waals surface area contributed by atoms with Crippen molar-refractivity contribution in [3.63, 3.8) is 0 Å². The first-order valence-corrected chi connectivity index (χ1v) is 10.1. The molecule has 0 radical (unpaired) electrons. The Kier molecular flexibility index (Phi) is 5.73. The lowest BCUT2D eigenvalue weighted by molar-refractivity contribution is -0.132. The van der Waals surface area contributed by atoms with Crippen molar-refractivity contribution in [1.82, 2.24) is 4.98 Å². The molecule has 162 valence electrons. The van der Waals surface area contributed by atoms with Gasteiger partial charge >= 0.3 is 0 Å². The van der Waals surface area contributed by atoms with E-state index in [1.165, 1.54) is 35.4 Å².